The lowest BCUT2D eigenvalue weighted by molar-refractivity contribution is -0.116. The number of benzene rings is 2. The molecule has 0 spiro atoms. The second kappa shape index (κ2) is 9.83. The highest BCUT2D eigenvalue weighted by Crippen LogP contribution is 2.38. The molecule has 2 N–H and O–H groups in total. The van der Waals surface area contributed by atoms with Crippen LogP contribution < -0.4 is 15.5 Å². The normalized spacial score (nSPS) is 17.4. The standard InChI is InChI=1S/C23H26ClN5O2S/c1-4-6-19-26-27-23-29(19)28-20(15-8-11-17(12-9-15)31-5-2)21(32-23)22(30)25-18-13-16(24)10-7-14(18)3/h7-13,20-21,28H,4-6H2,1-3H3,(H,25,30)/t20-,21-/m1/s1. The van der Waals surface area contributed by atoms with E-state index in [0.717, 1.165) is 35.5 Å². The van der Waals surface area contributed by atoms with Gasteiger partial charge in [0.05, 0.1) is 12.6 Å². The molecular formula is C23H26ClN5O2S. The van der Waals surface area contributed by atoms with Gasteiger partial charge in [0.1, 0.15) is 11.0 Å². The van der Waals surface area contributed by atoms with Gasteiger partial charge in [-0.05, 0) is 55.7 Å². The van der Waals surface area contributed by atoms with E-state index in [9.17, 15) is 4.79 Å². The molecule has 0 saturated heterocycles. The molecule has 0 fully saturated rings. The number of rotatable bonds is 7. The van der Waals surface area contributed by atoms with Gasteiger partial charge < -0.3 is 15.5 Å². The van der Waals surface area contributed by atoms with Gasteiger partial charge >= 0.3 is 0 Å². The SMILES string of the molecule is CCCc1nnc2n1N[C@H](c1ccc(OCC)cc1)[C@H](C(=O)Nc1cc(Cl)ccc1C)S2. The van der Waals surface area contributed by atoms with E-state index < -0.39 is 5.25 Å². The van der Waals surface area contributed by atoms with Crippen LogP contribution in [0.4, 0.5) is 5.69 Å². The van der Waals surface area contributed by atoms with E-state index in [2.05, 4.69) is 27.9 Å². The van der Waals surface area contributed by atoms with Gasteiger partial charge in [-0.15, -0.1) is 10.2 Å². The molecule has 32 heavy (non-hydrogen) atoms. The fourth-order valence-electron chi connectivity index (χ4n) is 3.61. The number of halogens is 1. The molecule has 2 atom stereocenters. The first-order valence-corrected chi connectivity index (χ1v) is 11.9. The third-order valence-corrected chi connectivity index (χ3v) is 6.69. The van der Waals surface area contributed by atoms with Crippen molar-refractivity contribution in [2.75, 3.05) is 17.3 Å². The average Bonchev–Trinajstić information content (AvgIpc) is 3.18. The molecule has 3 aromatic rings. The second-order valence-electron chi connectivity index (χ2n) is 7.58. The predicted octanol–water partition coefficient (Wildman–Crippen LogP) is 4.99. The Bertz CT molecular complexity index is 1100. The highest BCUT2D eigenvalue weighted by Gasteiger charge is 2.38. The lowest BCUT2D eigenvalue weighted by atomic mass is 10.0. The zero-order chi connectivity index (χ0) is 22.7. The fourth-order valence-corrected chi connectivity index (χ4v) is 4.88. The van der Waals surface area contributed by atoms with Crippen molar-refractivity contribution in [1.82, 2.24) is 14.9 Å². The average molecular weight is 472 g/mol. The van der Waals surface area contributed by atoms with Crippen LogP contribution in [0.25, 0.3) is 0 Å². The molecule has 0 unspecified atom stereocenters. The van der Waals surface area contributed by atoms with Crippen molar-refractivity contribution in [3.8, 4) is 5.75 Å². The third-order valence-electron chi connectivity index (χ3n) is 5.24. The van der Waals surface area contributed by atoms with Gasteiger partial charge in [0.15, 0.2) is 5.82 Å². The lowest BCUT2D eigenvalue weighted by Crippen LogP contribution is -2.41. The minimum atomic E-state index is -0.461. The van der Waals surface area contributed by atoms with Crippen molar-refractivity contribution >= 4 is 35.0 Å². The number of nitrogens with one attached hydrogen (secondary N) is 2. The van der Waals surface area contributed by atoms with Crippen LogP contribution in [0.1, 0.15) is 43.3 Å². The number of carbonyl (C=O) groups is 1. The highest BCUT2D eigenvalue weighted by atomic mass is 35.5. The zero-order valence-corrected chi connectivity index (χ0v) is 19.8. The quantitative estimate of drug-likeness (QED) is 0.505. The van der Waals surface area contributed by atoms with Gasteiger partial charge in [-0.25, -0.2) is 4.68 Å². The summed E-state index contributed by atoms with van der Waals surface area (Å²) in [6, 6.07) is 13.0. The highest BCUT2D eigenvalue weighted by molar-refractivity contribution is 8.00. The summed E-state index contributed by atoms with van der Waals surface area (Å²) in [7, 11) is 0. The van der Waals surface area contributed by atoms with E-state index in [1.807, 2.05) is 54.9 Å². The van der Waals surface area contributed by atoms with Crippen LogP contribution in [-0.4, -0.2) is 32.6 Å². The molecule has 1 aliphatic heterocycles. The first-order valence-electron chi connectivity index (χ1n) is 10.7. The Balaban J connectivity index is 1.66. The Hall–Kier alpha value is -2.71. The summed E-state index contributed by atoms with van der Waals surface area (Å²) in [6.45, 7) is 6.60. The molecule has 0 radical (unpaired) electrons. The number of hydrogen-bond acceptors (Lipinski definition) is 6. The summed E-state index contributed by atoms with van der Waals surface area (Å²) >= 11 is 7.56. The van der Waals surface area contributed by atoms with E-state index in [1.54, 1.807) is 6.07 Å². The Morgan fingerprint density at radius 3 is 2.72 bits per heavy atom. The summed E-state index contributed by atoms with van der Waals surface area (Å²) in [5.74, 6) is 1.53. The summed E-state index contributed by atoms with van der Waals surface area (Å²) in [5.41, 5.74) is 6.11. The Labute approximate surface area is 196 Å². The first-order chi connectivity index (χ1) is 15.5. The van der Waals surface area contributed by atoms with Gasteiger partial charge in [0.2, 0.25) is 11.1 Å². The molecule has 168 valence electrons. The van der Waals surface area contributed by atoms with Gasteiger partial charge in [0.25, 0.3) is 0 Å². The Morgan fingerprint density at radius 2 is 2.00 bits per heavy atom. The van der Waals surface area contributed by atoms with Crippen molar-refractivity contribution in [1.29, 1.82) is 0 Å². The summed E-state index contributed by atoms with van der Waals surface area (Å²) in [5, 5.41) is 12.5. The molecule has 2 heterocycles. The molecule has 7 nitrogen and oxygen atoms in total. The second-order valence-corrected chi connectivity index (χ2v) is 9.13. The number of nitrogens with zero attached hydrogens (tertiary/aromatic N) is 3. The summed E-state index contributed by atoms with van der Waals surface area (Å²) in [4.78, 5) is 13.4. The van der Waals surface area contributed by atoms with Crippen LogP contribution in [0, 0.1) is 6.92 Å². The predicted molar refractivity (Wildman–Crippen MR) is 128 cm³/mol. The molecule has 1 aromatic heterocycles. The minimum Gasteiger partial charge on any atom is -0.494 e. The van der Waals surface area contributed by atoms with E-state index >= 15 is 0 Å². The van der Waals surface area contributed by atoms with Gasteiger partial charge in [-0.3, -0.25) is 4.79 Å². The third kappa shape index (κ3) is 4.71. The maximum absolute atomic E-state index is 13.4. The van der Waals surface area contributed by atoms with Crippen LogP contribution in [0.15, 0.2) is 47.6 Å². The molecular weight excluding hydrogens is 446 g/mol. The fraction of sp³-hybridized carbons (Fsp3) is 0.348. The van der Waals surface area contributed by atoms with Crippen LogP contribution in [-0.2, 0) is 11.2 Å². The minimum absolute atomic E-state index is 0.127. The van der Waals surface area contributed by atoms with Gasteiger partial charge in [-0.1, -0.05) is 48.5 Å². The first kappa shape index (κ1) is 22.5. The van der Waals surface area contributed by atoms with E-state index in [0.29, 0.717) is 22.5 Å². The van der Waals surface area contributed by atoms with Gasteiger partial charge in [-0.2, -0.15) is 0 Å². The molecule has 2 aromatic carbocycles. The lowest BCUT2D eigenvalue weighted by Gasteiger charge is -2.33. The number of amides is 1. The van der Waals surface area contributed by atoms with Crippen molar-refractivity contribution < 1.29 is 9.53 Å². The van der Waals surface area contributed by atoms with Gasteiger partial charge in [0, 0.05) is 17.1 Å². The summed E-state index contributed by atoms with van der Waals surface area (Å²) < 4.78 is 7.48. The topological polar surface area (TPSA) is 81.1 Å². The molecule has 9 heteroatoms. The smallest absolute Gasteiger partial charge is 0.240 e. The number of aryl methyl sites for hydroxylation is 2. The van der Waals surface area contributed by atoms with Crippen LogP contribution in [0.2, 0.25) is 5.02 Å². The van der Waals surface area contributed by atoms with E-state index in [-0.39, 0.29) is 11.9 Å². The maximum atomic E-state index is 13.4. The number of anilines is 1. The van der Waals surface area contributed by atoms with E-state index in [4.69, 9.17) is 16.3 Å². The molecule has 4 rings (SSSR count). The number of ether oxygens (including phenoxy) is 1. The summed E-state index contributed by atoms with van der Waals surface area (Å²) in [6.07, 6.45) is 1.76. The van der Waals surface area contributed by atoms with Crippen molar-refractivity contribution in [2.24, 2.45) is 0 Å². The molecule has 0 aliphatic carbocycles. The number of carbonyl (C=O) groups excluding carboxylic acids is 1. The number of thioether (sulfide) groups is 1. The number of hydrogen-bond donors (Lipinski definition) is 2. The Morgan fingerprint density at radius 1 is 1.22 bits per heavy atom. The largest absolute Gasteiger partial charge is 0.494 e. The molecule has 1 amide bonds. The monoisotopic (exact) mass is 471 g/mol. The van der Waals surface area contributed by atoms with Crippen molar-refractivity contribution in [3.63, 3.8) is 0 Å². The molecule has 0 saturated carbocycles. The number of fused-ring (bicyclic) bond motifs is 1. The van der Waals surface area contributed by atoms with Crippen molar-refractivity contribution in [2.45, 2.75) is 50.1 Å². The molecule has 0 bridgehead atoms. The maximum Gasteiger partial charge on any atom is 0.240 e. The van der Waals surface area contributed by atoms with Crippen LogP contribution >= 0.6 is 23.4 Å². The zero-order valence-electron chi connectivity index (χ0n) is 18.3. The van der Waals surface area contributed by atoms with E-state index in [1.165, 1.54) is 11.8 Å². The van der Waals surface area contributed by atoms with Crippen LogP contribution in [0.5, 0.6) is 5.75 Å². The molecule has 1 aliphatic rings. The Kier molecular flexibility index (Phi) is 6.91. The van der Waals surface area contributed by atoms with Crippen molar-refractivity contribution in [3.05, 3.63) is 64.4 Å². The number of aromatic nitrogens is 3. The van der Waals surface area contributed by atoms with Crippen LogP contribution in [0.3, 0.4) is 0 Å².